The molecular weight excluding hydrogens is 286 g/mol. The molecule has 88 valence electrons. The summed E-state index contributed by atoms with van der Waals surface area (Å²) in [4.78, 5) is 14.8. The van der Waals surface area contributed by atoms with Crippen molar-refractivity contribution in [3.63, 3.8) is 0 Å². The predicted octanol–water partition coefficient (Wildman–Crippen LogP) is 1.97. The lowest BCUT2D eigenvalue weighted by Crippen LogP contribution is -2.04. The maximum absolute atomic E-state index is 10.8. The standard InChI is InChI=1S/C11H10BrN3O2/c1-15-11(13-7-14-15)6-17-9-2-3-10(12)8(4-9)5-16/h2-5,7H,6H2,1H3. The molecule has 0 aliphatic rings. The fourth-order valence-electron chi connectivity index (χ4n) is 1.30. The quantitative estimate of drug-likeness (QED) is 0.809. The molecule has 5 nitrogen and oxygen atoms in total. The first kappa shape index (κ1) is 11.8. The molecule has 2 aromatic rings. The number of ether oxygens (including phenoxy) is 1. The van der Waals surface area contributed by atoms with Gasteiger partial charge in [0.1, 0.15) is 18.7 Å². The summed E-state index contributed by atoms with van der Waals surface area (Å²) in [6.07, 6.45) is 2.25. The molecule has 2 rings (SSSR count). The Morgan fingerprint density at radius 3 is 3.00 bits per heavy atom. The molecule has 0 unspecified atom stereocenters. The highest BCUT2D eigenvalue weighted by molar-refractivity contribution is 9.10. The Bertz CT molecular complexity index is 539. The van der Waals surface area contributed by atoms with Gasteiger partial charge >= 0.3 is 0 Å². The van der Waals surface area contributed by atoms with Crippen molar-refractivity contribution in [2.75, 3.05) is 0 Å². The minimum Gasteiger partial charge on any atom is -0.486 e. The lowest BCUT2D eigenvalue weighted by molar-refractivity contribution is 0.112. The average molecular weight is 296 g/mol. The summed E-state index contributed by atoms with van der Waals surface area (Å²) in [6, 6.07) is 5.23. The molecule has 0 radical (unpaired) electrons. The van der Waals surface area contributed by atoms with Crippen LogP contribution in [0.5, 0.6) is 5.75 Å². The van der Waals surface area contributed by atoms with E-state index >= 15 is 0 Å². The van der Waals surface area contributed by atoms with Crippen LogP contribution in [0.2, 0.25) is 0 Å². The van der Waals surface area contributed by atoms with Gasteiger partial charge in [0, 0.05) is 17.1 Å². The molecule has 1 heterocycles. The van der Waals surface area contributed by atoms with Crippen molar-refractivity contribution in [1.29, 1.82) is 0 Å². The number of carbonyl (C=O) groups excluding carboxylic acids is 1. The molecule has 1 aromatic carbocycles. The maximum atomic E-state index is 10.8. The van der Waals surface area contributed by atoms with E-state index in [0.717, 1.165) is 16.6 Å². The van der Waals surface area contributed by atoms with Gasteiger partial charge < -0.3 is 4.74 Å². The Balaban J connectivity index is 2.09. The molecule has 0 fully saturated rings. The number of carbonyl (C=O) groups is 1. The molecule has 0 amide bonds. The normalized spacial score (nSPS) is 10.2. The minimum absolute atomic E-state index is 0.316. The molecule has 0 saturated carbocycles. The molecule has 0 aliphatic heterocycles. The van der Waals surface area contributed by atoms with Crippen LogP contribution in [0.15, 0.2) is 29.0 Å². The van der Waals surface area contributed by atoms with Gasteiger partial charge in [-0.3, -0.25) is 9.48 Å². The SMILES string of the molecule is Cn1ncnc1COc1ccc(Br)c(C=O)c1. The highest BCUT2D eigenvalue weighted by Crippen LogP contribution is 2.21. The van der Waals surface area contributed by atoms with E-state index in [1.807, 2.05) is 0 Å². The van der Waals surface area contributed by atoms with Crippen molar-refractivity contribution in [3.05, 3.63) is 40.4 Å². The van der Waals surface area contributed by atoms with Crippen molar-refractivity contribution in [1.82, 2.24) is 14.8 Å². The summed E-state index contributed by atoms with van der Waals surface area (Å²) in [5, 5.41) is 3.94. The first-order valence-electron chi connectivity index (χ1n) is 4.91. The molecule has 0 atom stereocenters. The van der Waals surface area contributed by atoms with Gasteiger partial charge in [0.05, 0.1) is 0 Å². The Morgan fingerprint density at radius 2 is 2.35 bits per heavy atom. The summed E-state index contributed by atoms with van der Waals surface area (Å²) in [5.41, 5.74) is 0.556. The van der Waals surface area contributed by atoms with Crippen LogP contribution < -0.4 is 4.74 Å². The number of aryl methyl sites for hydroxylation is 1. The van der Waals surface area contributed by atoms with E-state index < -0.39 is 0 Å². The van der Waals surface area contributed by atoms with Gasteiger partial charge in [0.25, 0.3) is 0 Å². The van der Waals surface area contributed by atoms with Crippen molar-refractivity contribution < 1.29 is 9.53 Å². The molecule has 0 N–H and O–H groups in total. The van der Waals surface area contributed by atoms with Crippen molar-refractivity contribution in [3.8, 4) is 5.75 Å². The third kappa shape index (κ3) is 2.71. The zero-order valence-electron chi connectivity index (χ0n) is 9.13. The Hall–Kier alpha value is -1.69. The first-order valence-corrected chi connectivity index (χ1v) is 5.70. The van der Waals surface area contributed by atoms with E-state index in [0.29, 0.717) is 17.9 Å². The van der Waals surface area contributed by atoms with Crippen LogP contribution >= 0.6 is 15.9 Å². The first-order chi connectivity index (χ1) is 8.20. The van der Waals surface area contributed by atoms with Gasteiger partial charge in [0.2, 0.25) is 0 Å². The monoisotopic (exact) mass is 295 g/mol. The topological polar surface area (TPSA) is 57.0 Å². The lowest BCUT2D eigenvalue weighted by atomic mass is 10.2. The van der Waals surface area contributed by atoms with Crippen LogP contribution in [0.1, 0.15) is 16.2 Å². The van der Waals surface area contributed by atoms with Gasteiger partial charge in [-0.2, -0.15) is 5.10 Å². The van der Waals surface area contributed by atoms with Crippen LogP contribution in [0.25, 0.3) is 0 Å². The van der Waals surface area contributed by atoms with Crippen molar-refractivity contribution >= 4 is 22.2 Å². The fourth-order valence-corrected chi connectivity index (χ4v) is 1.64. The number of hydrogen-bond donors (Lipinski definition) is 0. The summed E-state index contributed by atoms with van der Waals surface area (Å²) in [6.45, 7) is 0.316. The van der Waals surface area contributed by atoms with Crippen LogP contribution in [0.4, 0.5) is 0 Å². The number of benzene rings is 1. The van der Waals surface area contributed by atoms with E-state index in [9.17, 15) is 4.79 Å². The van der Waals surface area contributed by atoms with E-state index in [2.05, 4.69) is 26.0 Å². The number of rotatable bonds is 4. The number of aldehydes is 1. The average Bonchev–Trinajstić information content (AvgIpc) is 2.74. The molecule has 1 aromatic heterocycles. The number of hydrogen-bond acceptors (Lipinski definition) is 4. The lowest BCUT2D eigenvalue weighted by Gasteiger charge is -2.06. The van der Waals surface area contributed by atoms with E-state index in [-0.39, 0.29) is 0 Å². The number of nitrogens with zero attached hydrogens (tertiary/aromatic N) is 3. The van der Waals surface area contributed by atoms with Gasteiger partial charge in [-0.1, -0.05) is 15.9 Å². The Morgan fingerprint density at radius 1 is 1.53 bits per heavy atom. The van der Waals surface area contributed by atoms with E-state index in [1.54, 1.807) is 29.9 Å². The Kier molecular flexibility index (Phi) is 3.53. The predicted molar refractivity (Wildman–Crippen MR) is 64.9 cm³/mol. The summed E-state index contributed by atoms with van der Waals surface area (Å²) in [7, 11) is 1.80. The van der Waals surface area contributed by atoms with Crippen LogP contribution in [0.3, 0.4) is 0 Å². The second kappa shape index (κ2) is 5.09. The summed E-state index contributed by atoms with van der Waals surface area (Å²) in [5.74, 6) is 1.35. The van der Waals surface area contributed by atoms with Gasteiger partial charge in [-0.05, 0) is 18.2 Å². The highest BCUT2D eigenvalue weighted by Gasteiger charge is 2.04. The molecule has 0 bridgehead atoms. The zero-order chi connectivity index (χ0) is 12.3. The molecule has 6 heteroatoms. The summed E-state index contributed by atoms with van der Waals surface area (Å²) >= 11 is 3.28. The van der Waals surface area contributed by atoms with E-state index in [1.165, 1.54) is 6.33 Å². The van der Waals surface area contributed by atoms with Crippen LogP contribution in [-0.4, -0.2) is 21.1 Å². The number of aromatic nitrogens is 3. The van der Waals surface area contributed by atoms with Crippen molar-refractivity contribution in [2.45, 2.75) is 6.61 Å². The highest BCUT2D eigenvalue weighted by atomic mass is 79.9. The maximum Gasteiger partial charge on any atom is 0.164 e. The van der Waals surface area contributed by atoms with Gasteiger partial charge in [-0.15, -0.1) is 0 Å². The smallest absolute Gasteiger partial charge is 0.164 e. The largest absolute Gasteiger partial charge is 0.486 e. The van der Waals surface area contributed by atoms with Crippen LogP contribution in [-0.2, 0) is 13.7 Å². The molecular formula is C11H10BrN3O2. The summed E-state index contributed by atoms with van der Waals surface area (Å²) < 4.78 is 7.91. The third-order valence-corrected chi connectivity index (χ3v) is 2.99. The Labute approximate surface area is 107 Å². The van der Waals surface area contributed by atoms with Gasteiger partial charge in [-0.25, -0.2) is 4.98 Å². The molecule has 0 saturated heterocycles. The van der Waals surface area contributed by atoms with Crippen LogP contribution in [0, 0.1) is 0 Å². The second-order valence-electron chi connectivity index (χ2n) is 3.39. The molecule has 17 heavy (non-hydrogen) atoms. The molecule has 0 spiro atoms. The van der Waals surface area contributed by atoms with Gasteiger partial charge in [0.15, 0.2) is 12.1 Å². The zero-order valence-corrected chi connectivity index (χ0v) is 10.7. The number of halogens is 1. The molecule has 0 aliphatic carbocycles. The van der Waals surface area contributed by atoms with Crippen molar-refractivity contribution in [2.24, 2.45) is 7.05 Å². The minimum atomic E-state index is 0.316. The third-order valence-electron chi connectivity index (χ3n) is 2.27. The fraction of sp³-hybridized carbons (Fsp3) is 0.182. The van der Waals surface area contributed by atoms with E-state index in [4.69, 9.17) is 4.74 Å². The second-order valence-corrected chi connectivity index (χ2v) is 4.24.